The van der Waals surface area contributed by atoms with E-state index in [1.54, 1.807) is 12.1 Å². The van der Waals surface area contributed by atoms with Crippen molar-refractivity contribution in [2.24, 2.45) is 0 Å². The van der Waals surface area contributed by atoms with Crippen LogP contribution < -0.4 is 0 Å². The molecule has 5 rings (SSSR count). The first-order chi connectivity index (χ1) is 16.7. The minimum Gasteiger partial charge on any atom is -0.335 e. The fourth-order valence-electron chi connectivity index (χ4n) is 5.32. The molecule has 3 aromatic rings. The Kier molecular flexibility index (Phi) is 6.41. The minimum absolute atomic E-state index is 0.110. The number of hydrogen-bond donors (Lipinski definition) is 0. The summed E-state index contributed by atoms with van der Waals surface area (Å²) in [5, 5.41) is 6.29. The first-order valence-corrected chi connectivity index (χ1v) is 14.1. The van der Waals surface area contributed by atoms with Gasteiger partial charge in [-0.25, -0.2) is 13.1 Å². The Morgan fingerprint density at radius 1 is 0.943 bits per heavy atom. The lowest BCUT2D eigenvalue weighted by Crippen LogP contribution is -2.54. The third kappa shape index (κ3) is 4.85. The third-order valence-electron chi connectivity index (χ3n) is 7.31. The Balaban J connectivity index is 1.43. The first-order valence-electron chi connectivity index (χ1n) is 12.2. The van der Waals surface area contributed by atoms with Gasteiger partial charge in [0.25, 0.3) is 5.91 Å². The van der Waals surface area contributed by atoms with Crippen LogP contribution in [0.5, 0.6) is 0 Å². The summed E-state index contributed by atoms with van der Waals surface area (Å²) in [7, 11) is -1.38. The van der Waals surface area contributed by atoms with Gasteiger partial charge in [0.2, 0.25) is 0 Å². The molecule has 0 bridgehead atoms. The Morgan fingerprint density at radius 3 is 2.20 bits per heavy atom. The van der Waals surface area contributed by atoms with E-state index in [0.29, 0.717) is 36.2 Å². The zero-order chi connectivity index (χ0) is 24.7. The van der Waals surface area contributed by atoms with Crippen molar-refractivity contribution >= 4 is 26.5 Å². The van der Waals surface area contributed by atoms with Gasteiger partial charge in [0.15, 0.2) is 9.84 Å². The smallest absolute Gasteiger partial charge is 0.272 e. The number of carbonyl (C=O) groups excluding carboxylic acids is 1. The number of benzene rings is 2. The molecule has 2 aromatic carbocycles. The normalized spacial score (nSPS) is 18.9. The molecule has 35 heavy (non-hydrogen) atoms. The molecule has 0 radical (unpaired) electrons. The Morgan fingerprint density at radius 2 is 1.57 bits per heavy atom. The summed E-state index contributed by atoms with van der Waals surface area (Å²) in [5.41, 5.74) is 1.48. The maximum atomic E-state index is 13.6. The van der Waals surface area contributed by atoms with E-state index in [4.69, 9.17) is 0 Å². The van der Waals surface area contributed by atoms with E-state index < -0.39 is 9.84 Å². The summed E-state index contributed by atoms with van der Waals surface area (Å²) in [6, 6.07) is 13.4. The second-order valence-corrected chi connectivity index (χ2v) is 11.9. The van der Waals surface area contributed by atoms with Crippen molar-refractivity contribution in [3.8, 4) is 5.69 Å². The first kappa shape index (κ1) is 24.0. The SMILES string of the molecule is Cc1cc(C(=O)N2CCN(C3CCN(C)CC3)CC2)n(-c2cc3ccccc3cc2S(C)(=O)=O)n1. The van der Waals surface area contributed by atoms with Crippen LogP contribution in [0.4, 0.5) is 0 Å². The van der Waals surface area contributed by atoms with E-state index >= 15 is 0 Å². The molecule has 3 heterocycles. The molecule has 186 valence electrons. The average molecular weight is 496 g/mol. The van der Waals surface area contributed by atoms with Crippen molar-refractivity contribution < 1.29 is 13.2 Å². The Hall–Kier alpha value is -2.75. The van der Waals surface area contributed by atoms with Crippen molar-refractivity contribution in [1.29, 1.82) is 0 Å². The van der Waals surface area contributed by atoms with Gasteiger partial charge in [0.1, 0.15) is 5.69 Å². The van der Waals surface area contributed by atoms with Crippen molar-refractivity contribution in [1.82, 2.24) is 24.5 Å². The predicted molar refractivity (Wildman–Crippen MR) is 137 cm³/mol. The van der Waals surface area contributed by atoms with Gasteiger partial charge < -0.3 is 9.80 Å². The second-order valence-electron chi connectivity index (χ2n) is 9.88. The van der Waals surface area contributed by atoms with E-state index in [9.17, 15) is 13.2 Å². The zero-order valence-electron chi connectivity index (χ0n) is 20.6. The van der Waals surface area contributed by atoms with Gasteiger partial charge >= 0.3 is 0 Å². The van der Waals surface area contributed by atoms with Gasteiger partial charge in [-0.2, -0.15) is 5.10 Å². The van der Waals surface area contributed by atoms with E-state index in [-0.39, 0.29) is 10.8 Å². The number of likely N-dealkylation sites (tertiary alicyclic amines) is 1. The lowest BCUT2D eigenvalue weighted by atomic mass is 10.0. The van der Waals surface area contributed by atoms with Crippen molar-refractivity contribution in [2.45, 2.75) is 30.7 Å². The van der Waals surface area contributed by atoms with Crippen LogP contribution in [0, 0.1) is 6.92 Å². The van der Waals surface area contributed by atoms with Crippen molar-refractivity contribution in [3.63, 3.8) is 0 Å². The van der Waals surface area contributed by atoms with Gasteiger partial charge in [-0.3, -0.25) is 9.69 Å². The number of carbonyl (C=O) groups is 1. The number of aryl methyl sites for hydroxylation is 1. The fraction of sp³-hybridized carbons (Fsp3) is 0.462. The Labute approximate surface area is 207 Å². The van der Waals surface area contributed by atoms with Crippen LogP contribution in [0.25, 0.3) is 16.5 Å². The highest BCUT2D eigenvalue weighted by atomic mass is 32.2. The highest BCUT2D eigenvalue weighted by Gasteiger charge is 2.30. The average Bonchev–Trinajstić information content (AvgIpc) is 3.24. The van der Waals surface area contributed by atoms with Crippen molar-refractivity contribution in [2.75, 3.05) is 52.6 Å². The topological polar surface area (TPSA) is 78.8 Å². The van der Waals surface area contributed by atoms with Crippen LogP contribution in [0.2, 0.25) is 0 Å². The highest BCUT2D eigenvalue weighted by molar-refractivity contribution is 7.90. The van der Waals surface area contributed by atoms with Gasteiger partial charge in [-0.15, -0.1) is 0 Å². The lowest BCUT2D eigenvalue weighted by Gasteiger charge is -2.42. The molecular formula is C26H33N5O3S. The number of aromatic nitrogens is 2. The summed E-state index contributed by atoms with van der Waals surface area (Å²) in [4.78, 5) is 20.6. The zero-order valence-corrected chi connectivity index (χ0v) is 21.5. The fourth-order valence-corrected chi connectivity index (χ4v) is 6.18. The number of piperidine rings is 1. The van der Waals surface area contributed by atoms with Crippen LogP contribution in [0.15, 0.2) is 47.4 Å². The van der Waals surface area contributed by atoms with Crippen LogP contribution in [0.3, 0.4) is 0 Å². The van der Waals surface area contributed by atoms with Gasteiger partial charge in [0.05, 0.1) is 16.3 Å². The lowest BCUT2D eigenvalue weighted by molar-refractivity contribution is 0.0468. The van der Waals surface area contributed by atoms with Gasteiger partial charge in [-0.05, 0) is 68.9 Å². The molecule has 0 aliphatic carbocycles. The largest absolute Gasteiger partial charge is 0.335 e. The number of amides is 1. The Bertz CT molecular complexity index is 1350. The maximum absolute atomic E-state index is 13.6. The van der Waals surface area contributed by atoms with Crippen LogP contribution in [0.1, 0.15) is 29.0 Å². The molecule has 0 atom stereocenters. The van der Waals surface area contributed by atoms with Crippen molar-refractivity contribution in [3.05, 3.63) is 53.9 Å². The monoisotopic (exact) mass is 495 g/mol. The summed E-state index contributed by atoms with van der Waals surface area (Å²) in [6.45, 7) is 7.10. The van der Waals surface area contributed by atoms with Crippen LogP contribution >= 0.6 is 0 Å². The van der Waals surface area contributed by atoms with Crippen LogP contribution in [-0.4, -0.2) is 97.4 Å². The minimum atomic E-state index is -3.55. The molecule has 2 aliphatic rings. The molecule has 0 saturated carbocycles. The maximum Gasteiger partial charge on any atom is 0.272 e. The number of hydrogen-bond acceptors (Lipinski definition) is 6. The van der Waals surface area contributed by atoms with Gasteiger partial charge in [0, 0.05) is 38.5 Å². The second kappa shape index (κ2) is 9.37. The number of fused-ring (bicyclic) bond motifs is 1. The van der Waals surface area contributed by atoms with Crippen LogP contribution in [-0.2, 0) is 9.84 Å². The molecule has 2 aliphatic heterocycles. The molecule has 0 spiro atoms. The van der Waals surface area contributed by atoms with Gasteiger partial charge in [-0.1, -0.05) is 24.3 Å². The molecule has 0 N–H and O–H groups in total. The quantitative estimate of drug-likeness (QED) is 0.554. The summed E-state index contributed by atoms with van der Waals surface area (Å²) >= 11 is 0. The molecule has 9 heteroatoms. The molecule has 1 aromatic heterocycles. The summed E-state index contributed by atoms with van der Waals surface area (Å²) < 4.78 is 27.0. The standard InChI is InChI=1S/C26H33N5O3S/c1-19-16-24(26(32)30-14-12-29(13-15-30)22-8-10-28(2)11-9-22)31(27-19)23-17-20-6-4-5-7-21(20)18-25(23)35(3,33)34/h4-7,16-18,22H,8-15H2,1-3H3. The summed E-state index contributed by atoms with van der Waals surface area (Å²) in [6.07, 6.45) is 3.54. The molecule has 0 unspecified atom stereocenters. The molecule has 8 nitrogen and oxygen atoms in total. The predicted octanol–water partition coefficient (Wildman–Crippen LogP) is 2.59. The number of rotatable bonds is 4. The molecule has 2 fully saturated rings. The molecule has 1 amide bonds. The number of piperazine rings is 1. The van der Waals surface area contributed by atoms with E-state index in [0.717, 1.165) is 37.0 Å². The van der Waals surface area contributed by atoms with E-state index in [2.05, 4.69) is 21.9 Å². The number of nitrogens with zero attached hydrogens (tertiary/aromatic N) is 5. The molecule has 2 saturated heterocycles. The summed E-state index contributed by atoms with van der Waals surface area (Å²) in [5.74, 6) is -0.110. The highest BCUT2D eigenvalue weighted by Crippen LogP contribution is 2.28. The van der Waals surface area contributed by atoms with E-state index in [1.165, 1.54) is 23.8 Å². The third-order valence-corrected chi connectivity index (χ3v) is 8.44. The van der Waals surface area contributed by atoms with E-state index in [1.807, 2.05) is 42.2 Å². The number of sulfone groups is 1. The molecular weight excluding hydrogens is 462 g/mol.